The summed E-state index contributed by atoms with van der Waals surface area (Å²) in [5.41, 5.74) is 0. The van der Waals surface area contributed by atoms with E-state index in [1.54, 1.807) is 0 Å². The molecule has 2 N–H and O–H groups in total. The zero-order valence-electron chi connectivity index (χ0n) is 15.4. The lowest BCUT2D eigenvalue weighted by Crippen LogP contribution is -2.38. The molecule has 0 aliphatic heterocycles. The molecule has 6 nitrogen and oxygen atoms in total. The van der Waals surface area contributed by atoms with Crippen molar-refractivity contribution in [3.05, 3.63) is 24.3 Å². The second-order valence-electron chi connectivity index (χ2n) is 8.33. The van der Waals surface area contributed by atoms with E-state index in [0.717, 1.165) is 51.4 Å². The molecular formula is C19H28N2O4S2. The van der Waals surface area contributed by atoms with Crippen molar-refractivity contribution in [3.63, 3.8) is 0 Å². The third-order valence-electron chi connectivity index (χ3n) is 6.42. The Hall–Kier alpha value is -0.960. The van der Waals surface area contributed by atoms with Crippen LogP contribution in [-0.4, -0.2) is 28.9 Å². The SMILES string of the molecule is O=S(=O)(NC1CCCCC1)c1ccc(S(=O)(=O)N[C@H]2C[C@H]3CC[C@@H]2C3)cc1. The molecule has 3 fully saturated rings. The first-order valence-electron chi connectivity index (χ1n) is 9.98. The monoisotopic (exact) mass is 412 g/mol. The van der Waals surface area contributed by atoms with Gasteiger partial charge in [0.15, 0.2) is 0 Å². The molecule has 1 aromatic carbocycles. The first-order chi connectivity index (χ1) is 12.8. The zero-order valence-corrected chi connectivity index (χ0v) is 17.1. The zero-order chi connectivity index (χ0) is 19.1. The minimum absolute atomic E-state index is 0.0186. The first-order valence-corrected chi connectivity index (χ1v) is 12.9. The molecule has 3 aliphatic rings. The van der Waals surface area contributed by atoms with Gasteiger partial charge in [0.1, 0.15) is 0 Å². The summed E-state index contributed by atoms with van der Waals surface area (Å²) >= 11 is 0. The second kappa shape index (κ2) is 7.46. The maximum absolute atomic E-state index is 12.7. The molecule has 0 unspecified atom stereocenters. The van der Waals surface area contributed by atoms with E-state index < -0.39 is 20.0 Å². The molecule has 1 aromatic rings. The molecule has 0 heterocycles. The second-order valence-corrected chi connectivity index (χ2v) is 11.8. The van der Waals surface area contributed by atoms with E-state index in [4.69, 9.17) is 0 Å². The van der Waals surface area contributed by atoms with Crippen LogP contribution in [0.25, 0.3) is 0 Å². The third kappa shape index (κ3) is 4.23. The molecule has 3 saturated carbocycles. The predicted octanol–water partition coefficient (Wildman–Crippen LogP) is 2.76. The van der Waals surface area contributed by atoms with Gasteiger partial charge < -0.3 is 0 Å². The Kier molecular flexibility index (Phi) is 5.35. The fraction of sp³-hybridized carbons (Fsp3) is 0.684. The normalized spacial score (nSPS) is 29.3. The van der Waals surface area contributed by atoms with Crippen LogP contribution in [0.2, 0.25) is 0 Å². The van der Waals surface area contributed by atoms with Gasteiger partial charge in [-0.2, -0.15) is 0 Å². The average Bonchev–Trinajstić information content (AvgIpc) is 3.25. The van der Waals surface area contributed by atoms with Crippen molar-refractivity contribution >= 4 is 20.0 Å². The van der Waals surface area contributed by atoms with Crippen LogP contribution in [0.4, 0.5) is 0 Å². The molecule has 4 rings (SSSR count). The molecule has 8 heteroatoms. The van der Waals surface area contributed by atoms with Gasteiger partial charge in [0, 0.05) is 12.1 Å². The van der Waals surface area contributed by atoms with Gasteiger partial charge in [-0.3, -0.25) is 0 Å². The number of fused-ring (bicyclic) bond motifs is 2. The van der Waals surface area contributed by atoms with E-state index in [2.05, 4.69) is 9.44 Å². The Labute approximate surface area is 162 Å². The van der Waals surface area contributed by atoms with Crippen molar-refractivity contribution < 1.29 is 16.8 Å². The minimum atomic E-state index is -3.62. The Bertz CT molecular complexity index is 875. The van der Waals surface area contributed by atoms with Crippen molar-refractivity contribution in [1.82, 2.24) is 9.44 Å². The van der Waals surface area contributed by atoms with Gasteiger partial charge in [-0.15, -0.1) is 0 Å². The van der Waals surface area contributed by atoms with E-state index >= 15 is 0 Å². The van der Waals surface area contributed by atoms with Gasteiger partial charge in [-0.1, -0.05) is 25.7 Å². The van der Waals surface area contributed by atoms with Crippen LogP contribution in [0.5, 0.6) is 0 Å². The lowest BCUT2D eigenvalue weighted by Gasteiger charge is -2.23. The molecule has 3 atom stereocenters. The smallest absolute Gasteiger partial charge is 0.208 e. The highest BCUT2D eigenvalue weighted by molar-refractivity contribution is 7.90. The fourth-order valence-corrected chi connectivity index (χ4v) is 7.58. The van der Waals surface area contributed by atoms with Crippen molar-refractivity contribution in [3.8, 4) is 0 Å². The van der Waals surface area contributed by atoms with Crippen molar-refractivity contribution in [2.24, 2.45) is 11.8 Å². The summed E-state index contributed by atoms with van der Waals surface area (Å²) in [7, 11) is -7.24. The molecule has 150 valence electrons. The average molecular weight is 413 g/mol. The summed E-state index contributed by atoms with van der Waals surface area (Å²) in [6, 6.07) is 5.56. The molecule has 0 spiro atoms. The van der Waals surface area contributed by atoms with E-state index in [-0.39, 0.29) is 21.9 Å². The van der Waals surface area contributed by atoms with Crippen LogP contribution < -0.4 is 9.44 Å². The summed E-state index contributed by atoms with van der Waals surface area (Å²) < 4.78 is 56.0. The summed E-state index contributed by atoms with van der Waals surface area (Å²) in [6.45, 7) is 0. The molecule has 27 heavy (non-hydrogen) atoms. The van der Waals surface area contributed by atoms with Crippen molar-refractivity contribution in [1.29, 1.82) is 0 Å². The molecule has 0 amide bonds. The Morgan fingerprint density at radius 1 is 0.704 bits per heavy atom. The van der Waals surface area contributed by atoms with E-state index in [9.17, 15) is 16.8 Å². The van der Waals surface area contributed by atoms with E-state index in [1.807, 2.05) is 0 Å². The van der Waals surface area contributed by atoms with Gasteiger partial charge >= 0.3 is 0 Å². The first kappa shape index (κ1) is 19.4. The number of benzene rings is 1. The van der Waals surface area contributed by atoms with Crippen LogP contribution in [0.1, 0.15) is 57.8 Å². The van der Waals surface area contributed by atoms with Crippen molar-refractivity contribution in [2.75, 3.05) is 0 Å². The molecule has 0 aromatic heterocycles. The molecule has 0 radical (unpaired) electrons. The molecule has 0 saturated heterocycles. The van der Waals surface area contributed by atoms with Gasteiger partial charge in [-0.05, 0) is 68.2 Å². The lowest BCUT2D eigenvalue weighted by atomic mass is 9.96. The number of rotatable bonds is 6. The minimum Gasteiger partial charge on any atom is -0.208 e. The quantitative estimate of drug-likeness (QED) is 0.751. The third-order valence-corrected chi connectivity index (χ3v) is 9.46. The van der Waals surface area contributed by atoms with E-state index in [0.29, 0.717) is 11.8 Å². The van der Waals surface area contributed by atoms with Crippen molar-refractivity contribution in [2.45, 2.75) is 79.7 Å². The van der Waals surface area contributed by atoms with Crippen LogP contribution in [0, 0.1) is 11.8 Å². The summed E-state index contributed by atoms with van der Waals surface area (Å²) in [4.78, 5) is 0.244. The standard InChI is InChI=1S/C19H28N2O4S2/c22-26(23,20-16-4-2-1-3-5-16)17-8-10-18(11-9-17)27(24,25)21-19-13-14-6-7-15(19)12-14/h8-11,14-16,19-21H,1-7,12-13H2/t14-,15+,19-/m0/s1. The highest BCUT2D eigenvalue weighted by atomic mass is 32.2. The Morgan fingerprint density at radius 3 is 1.81 bits per heavy atom. The number of nitrogens with one attached hydrogen (secondary N) is 2. The Morgan fingerprint density at radius 2 is 1.30 bits per heavy atom. The van der Waals surface area contributed by atoms with Gasteiger partial charge in [-0.25, -0.2) is 26.3 Å². The largest absolute Gasteiger partial charge is 0.240 e. The Balaban J connectivity index is 1.44. The van der Waals surface area contributed by atoms with Crippen LogP contribution >= 0.6 is 0 Å². The summed E-state index contributed by atoms with van der Waals surface area (Å²) in [5, 5.41) is 0. The van der Waals surface area contributed by atoms with Crippen LogP contribution in [0.3, 0.4) is 0 Å². The van der Waals surface area contributed by atoms with Gasteiger partial charge in [0.05, 0.1) is 9.79 Å². The van der Waals surface area contributed by atoms with Gasteiger partial charge in [0.2, 0.25) is 20.0 Å². The number of hydrogen-bond acceptors (Lipinski definition) is 4. The maximum atomic E-state index is 12.7. The van der Waals surface area contributed by atoms with Crippen LogP contribution in [-0.2, 0) is 20.0 Å². The highest BCUT2D eigenvalue weighted by Gasteiger charge is 2.41. The topological polar surface area (TPSA) is 92.3 Å². The van der Waals surface area contributed by atoms with Gasteiger partial charge in [0.25, 0.3) is 0 Å². The van der Waals surface area contributed by atoms with E-state index in [1.165, 1.54) is 30.7 Å². The maximum Gasteiger partial charge on any atom is 0.240 e. The number of sulfonamides is 2. The molecular weight excluding hydrogens is 384 g/mol. The lowest BCUT2D eigenvalue weighted by molar-refractivity contribution is 0.390. The predicted molar refractivity (Wildman–Crippen MR) is 103 cm³/mol. The molecule has 2 bridgehead atoms. The summed E-state index contributed by atoms with van der Waals surface area (Å²) in [6.07, 6.45) is 9.31. The highest BCUT2D eigenvalue weighted by Crippen LogP contribution is 2.44. The number of hydrogen-bond donors (Lipinski definition) is 2. The summed E-state index contributed by atoms with van der Waals surface area (Å²) in [5.74, 6) is 1.10. The molecule has 3 aliphatic carbocycles. The van der Waals surface area contributed by atoms with Crippen LogP contribution in [0.15, 0.2) is 34.1 Å². The fourth-order valence-electron chi connectivity index (χ4n) is 4.96.